The molecule has 98 valence electrons. The highest BCUT2D eigenvalue weighted by atomic mass is 79.9. The first-order valence-electron chi connectivity index (χ1n) is 5.85. The molecule has 1 amide bonds. The molecule has 0 fully saturated rings. The van der Waals surface area contributed by atoms with Gasteiger partial charge in [0, 0.05) is 16.0 Å². The number of amides is 1. The molecule has 0 radical (unpaired) electrons. The van der Waals surface area contributed by atoms with E-state index in [1.807, 2.05) is 43.3 Å². The minimum Gasteiger partial charge on any atom is -0.348 e. The second-order valence-corrected chi connectivity index (χ2v) is 5.48. The normalized spacial score (nSPS) is 10.3. The zero-order chi connectivity index (χ0) is 13.8. The topological polar surface area (TPSA) is 29.1 Å². The van der Waals surface area contributed by atoms with E-state index >= 15 is 0 Å². The van der Waals surface area contributed by atoms with E-state index in [2.05, 4.69) is 21.2 Å². The van der Waals surface area contributed by atoms with Gasteiger partial charge in [-0.1, -0.05) is 35.9 Å². The van der Waals surface area contributed by atoms with E-state index in [1.54, 1.807) is 6.07 Å². The molecule has 0 aromatic heterocycles. The Hall–Kier alpha value is -1.32. The van der Waals surface area contributed by atoms with Crippen molar-refractivity contribution < 1.29 is 4.79 Å². The van der Waals surface area contributed by atoms with Gasteiger partial charge in [0.25, 0.3) is 5.91 Å². The summed E-state index contributed by atoms with van der Waals surface area (Å²) in [6.45, 7) is 2.41. The van der Waals surface area contributed by atoms with Crippen LogP contribution in [-0.4, -0.2) is 5.91 Å². The van der Waals surface area contributed by atoms with E-state index in [9.17, 15) is 4.79 Å². The van der Waals surface area contributed by atoms with Crippen LogP contribution in [0.2, 0.25) is 5.02 Å². The third-order valence-corrected chi connectivity index (χ3v) is 4.07. The Labute approximate surface area is 125 Å². The summed E-state index contributed by atoms with van der Waals surface area (Å²) >= 11 is 9.34. The molecule has 19 heavy (non-hydrogen) atoms. The monoisotopic (exact) mass is 337 g/mol. The number of carbonyl (C=O) groups is 1. The van der Waals surface area contributed by atoms with Crippen molar-refractivity contribution in [1.82, 2.24) is 5.32 Å². The highest BCUT2D eigenvalue weighted by molar-refractivity contribution is 9.10. The number of hydrogen-bond donors (Lipinski definition) is 1. The molecule has 2 nitrogen and oxygen atoms in total. The minimum absolute atomic E-state index is 0.101. The molecule has 0 spiro atoms. The molecule has 4 heteroatoms. The average molecular weight is 339 g/mol. The van der Waals surface area contributed by atoms with E-state index in [-0.39, 0.29) is 5.91 Å². The highest BCUT2D eigenvalue weighted by Gasteiger charge is 2.10. The molecule has 1 N–H and O–H groups in total. The molecule has 0 aliphatic rings. The lowest BCUT2D eigenvalue weighted by molar-refractivity contribution is 0.0950. The Balaban J connectivity index is 2.08. The molecule has 0 saturated carbocycles. The fourth-order valence-electron chi connectivity index (χ4n) is 1.75. The van der Waals surface area contributed by atoms with Crippen molar-refractivity contribution >= 4 is 33.4 Å². The van der Waals surface area contributed by atoms with Crippen LogP contribution in [0.3, 0.4) is 0 Å². The quantitative estimate of drug-likeness (QED) is 0.886. The number of nitrogens with one attached hydrogen (secondary N) is 1. The van der Waals surface area contributed by atoms with Gasteiger partial charge >= 0.3 is 0 Å². The van der Waals surface area contributed by atoms with Crippen molar-refractivity contribution in [2.24, 2.45) is 0 Å². The summed E-state index contributed by atoms with van der Waals surface area (Å²) < 4.78 is 0.832. The number of hydrogen-bond acceptors (Lipinski definition) is 1. The Morgan fingerprint density at radius 1 is 1.26 bits per heavy atom. The summed E-state index contributed by atoms with van der Waals surface area (Å²) in [4.78, 5) is 12.1. The van der Waals surface area contributed by atoms with E-state index in [4.69, 9.17) is 11.6 Å². The number of aryl methyl sites for hydroxylation is 1. The summed E-state index contributed by atoms with van der Waals surface area (Å²) in [5.41, 5.74) is 2.65. The van der Waals surface area contributed by atoms with Gasteiger partial charge in [-0.3, -0.25) is 4.79 Å². The fraction of sp³-hybridized carbons (Fsp3) is 0.133. The van der Waals surface area contributed by atoms with E-state index < -0.39 is 0 Å². The molecule has 2 aromatic rings. The fourth-order valence-corrected chi connectivity index (χ4v) is 2.40. The van der Waals surface area contributed by atoms with Gasteiger partial charge in [0.1, 0.15) is 0 Å². The summed E-state index contributed by atoms with van der Waals surface area (Å²) in [6, 6.07) is 13.1. The van der Waals surface area contributed by atoms with Crippen molar-refractivity contribution in [1.29, 1.82) is 0 Å². The second kappa shape index (κ2) is 6.22. The predicted molar refractivity (Wildman–Crippen MR) is 81.5 cm³/mol. The molecule has 0 atom stereocenters. The third kappa shape index (κ3) is 3.58. The number of benzene rings is 2. The van der Waals surface area contributed by atoms with Crippen LogP contribution in [0.1, 0.15) is 21.5 Å². The van der Waals surface area contributed by atoms with Crippen LogP contribution in [0, 0.1) is 6.92 Å². The standard InChI is InChI=1S/C15H13BrClNO/c1-10-4-2-7-13(14(10)16)15(19)18-9-11-5-3-6-12(17)8-11/h2-8H,9H2,1H3,(H,18,19). The Morgan fingerprint density at radius 3 is 2.74 bits per heavy atom. The van der Waals surface area contributed by atoms with Gasteiger partial charge in [-0.2, -0.15) is 0 Å². The smallest absolute Gasteiger partial charge is 0.252 e. The van der Waals surface area contributed by atoms with E-state index in [0.717, 1.165) is 15.6 Å². The van der Waals surface area contributed by atoms with Crippen LogP contribution in [0.25, 0.3) is 0 Å². The van der Waals surface area contributed by atoms with Gasteiger partial charge in [-0.05, 0) is 52.2 Å². The molecular weight excluding hydrogens is 326 g/mol. The maximum Gasteiger partial charge on any atom is 0.252 e. The molecule has 0 aliphatic heterocycles. The summed E-state index contributed by atoms with van der Waals surface area (Å²) in [5.74, 6) is -0.101. The van der Waals surface area contributed by atoms with Crippen LogP contribution in [0.5, 0.6) is 0 Å². The molecule has 0 heterocycles. The maximum absolute atomic E-state index is 12.1. The molecule has 0 saturated heterocycles. The lowest BCUT2D eigenvalue weighted by Gasteiger charge is -2.08. The number of carbonyl (C=O) groups excluding carboxylic acids is 1. The van der Waals surface area contributed by atoms with Crippen molar-refractivity contribution in [3.05, 3.63) is 68.7 Å². The maximum atomic E-state index is 12.1. The molecule has 0 unspecified atom stereocenters. The first-order chi connectivity index (χ1) is 9.08. The lowest BCUT2D eigenvalue weighted by Crippen LogP contribution is -2.23. The van der Waals surface area contributed by atoms with Gasteiger partial charge in [0.05, 0.1) is 5.56 Å². The van der Waals surface area contributed by atoms with Crippen LogP contribution in [0.15, 0.2) is 46.9 Å². The molecule has 2 aromatic carbocycles. The average Bonchev–Trinajstić information content (AvgIpc) is 2.39. The Kier molecular flexibility index (Phi) is 4.61. The van der Waals surface area contributed by atoms with Crippen LogP contribution in [-0.2, 0) is 6.54 Å². The SMILES string of the molecule is Cc1cccc(C(=O)NCc2cccc(Cl)c2)c1Br. The van der Waals surface area contributed by atoms with Crippen LogP contribution < -0.4 is 5.32 Å². The first kappa shape index (κ1) is 14.1. The van der Waals surface area contributed by atoms with Crippen molar-refractivity contribution in [3.63, 3.8) is 0 Å². The van der Waals surface area contributed by atoms with E-state index in [1.165, 1.54) is 0 Å². The minimum atomic E-state index is -0.101. The zero-order valence-corrected chi connectivity index (χ0v) is 12.8. The molecule has 0 aliphatic carbocycles. The van der Waals surface area contributed by atoms with E-state index in [0.29, 0.717) is 17.1 Å². The summed E-state index contributed by atoms with van der Waals surface area (Å²) in [7, 11) is 0. The van der Waals surface area contributed by atoms with Crippen LogP contribution >= 0.6 is 27.5 Å². The molecule has 0 bridgehead atoms. The zero-order valence-electron chi connectivity index (χ0n) is 10.4. The highest BCUT2D eigenvalue weighted by Crippen LogP contribution is 2.21. The summed E-state index contributed by atoms with van der Waals surface area (Å²) in [6.07, 6.45) is 0. The molecular formula is C15H13BrClNO. The van der Waals surface area contributed by atoms with Crippen molar-refractivity contribution in [2.45, 2.75) is 13.5 Å². The van der Waals surface area contributed by atoms with Crippen molar-refractivity contribution in [2.75, 3.05) is 0 Å². The number of halogens is 2. The van der Waals surface area contributed by atoms with Gasteiger partial charge in [0.2, 0.25) is 0 Å². The number of rotatable bonds is 3. The van der Waals surface area contributed by atoms with Crippen molar-refractivity contribution in [3.8, 4) is 0 Å². The van der Waals surface area contributed by atoms with Gasteiger partial charge in [0.15, 0.2) is 0 Å². The Morgan fingerprint density at radius 2 is 2.00 bits per heavy atom. The predicted octanol–water partition coefficient (Wildman–Crippen LogP) is 4.34. The summed E-state index contributed by atoms with van der Waals surface area (Å²) in [5, 5.41) is 3.55. The van der Waals surface area contributed by atoms with Crippen LogP contribution in [0.4, 0.5) is 0 Å². The lowest BCUT2D eigenvalue weighted by atomic mass is 10.1. The second-order valence-electron chi connectivity index (χ2n) is 4.25. The first-order valence-corrected chi connectivity index (χ1v) is 7.03. The third-order valence-electron chi connectivity index (χ3n) is 2.78. The largest absolute Gasteiger partial charge is 0.348 e. The Bertz CT molecular complexity index is 613. The van der Waals surface area contributed by atoms with Gasteiger partial charge in [-0.15, -0.1) is 0 Å². The van der Waals surface area contributed by atoms with Gasteiger partial charge in [-0.25, -0.2) is 0 Å². The van der Waals surface area contributed by atoms with Gasteiger partial charge < -0.3 is 5.32 Å². The molecule has 2 rings (SSSR count).